The third-order valence-corrected chi connectivity index (χ3v) is 0.630. The van der Waals surface area contributed by atoms with E-state index in [4.69, 9.17) is 0 Å². The Morgan fingerprint density at radius 3 is 1.57 bits per heavy atom. The minimum atomic E-state index is 0. The predicted molar refractivity (Wildman–Crippen MR) is 30.1 cm³/mol. The Kier molecular flexibility index (Phi) is 5.43. The van der Waals surface area contributed by atoms with Crippen LogP contribution in [0.2, 0.25) is 0 Å². The zero-order chi connectivity index (χ0) is 5.15. The second kappa shape index (κ2) is 3.86. The Balaban J connectivity index is 0. The minimum Gasteiger partial charge on any atom is -0.349 e. The van der Waals surface area contributed by atoms with Crippen LogP contribution in [0.25, 0.3) is 0 Å². The molecule has 4 radical (unpaired) electrons. The number of amides is 1. The van der Waals surface area contributed by atoms with E-state index in [0.717, 1.165) is 0 Å². The molecular formula is C4H9NOSi. The van der Waals surface area contributed by atoms with Gasteiger partial charge in [0.1, 0.15) is 0 Å². The number of hydrogen-bond donors (Lipinski definition) is 0. The molecule has 0 aromatic carbocycles. The van der Waals surface area contributed by atoms with E-state index >= 15 is 0 Å². The van der Waals surface area contributed by atoms with Gasteiger partial charge in [-0.2, -0.15) is 0 Å². The van der Waals surface area contributed by atoms with E-state index in [2.05, 4.69) is 0 Å². The summed E-state index contributed by atoms with van der Waals surface area (Å²) >= 11 is 0. The summed E-state index contributed by atoms with van der Waals surface area (Å²) < 4.78 is 0. The molecule has 0 aliphatic rings. The second-order valence-electron chi connectivity index (χ2n) is 1.41. The summed E-state index contributed by atoms with van der Waals surface area (Å²) in [4.78, 5) is 11.6. The van der Waals surface area contributed by atoms with E-state index in [-0.39, 0.29) is 16.9 Å². The highest BCUT2D eigenvalue weighted by molar-refractivity contribution is 5.75. The Morgan fingerprint density at radius 1 is 1.43 bits per heavy atom. The van der Waals surface area contributed by atoms with Crippen molar-refractivity contribution in [3.8, 4) is 0 Å². The first kappa shape index (κ1) is 9.84. The zero-order valence-electron chi connectivity index (χ0n) is 4.86. The van der Waals surface area contributed by atoms with Gasteiger partial charge in [-0.3, -0.25) is 4.79 Å². The molecule has 0 unspecified atom stereocenters. The second-order valence-corrected chi connectivity index (χ2v) is 1.41. The Bertz CT molecular complexity index is 62.7. The van der Waals surface area contributed by atoms with Crippen molar-refractivity contribution < 1.29 is 4.79 Å². The van der Waals surface area contributed by atoms with E-state index in [1.807, 2.05) is 0 Å². The van der Waals surface area contributed by atoms with Crippen LogP contribution in [0.4, 0.5) is 0 Å². The van der Waals surface area contributed by atoms with Crippen LogP contribution in [-0.2, 0) is 4.79 Å². The highest BCUT2D eigenvalue weighted by Gasteiger charge is 1.87. The standard InChI is InChI=1S/C4H9NO.Si/c1-4(6)5(2)3;/h1-3H3;. The number of carbonyl (C=O) groups is 1. The molecule has 0 aromatic rings. The lowest BCUT2D eigenvalue weighted by atomic mass is 10.7. The van der Waals surface area contributed by atoms with Crippen molar-refractivity contribution in [2.24, 2.45) is 0 Å². The fourth-order valence-corrected chi connectivity index (χ4v) is 0. The fourth-order valence-electron chi connectivity index (χ4n) is 0. The van der Waals surface area contributed by atoms with E-state index in [0.29, 0.717) is 0 Å². The summed E-state index contributed by atoms with van der Waals surface area (Å²) in [6.45, 7) is 1.53. The monoisotopic (exact) mass is 115 g/mol. The zero-order valence-corrected chi connectivity index (χ0v) is 5.86. The quantitative estimate of drug-likeness (QED) is 0.397. The van der Waals surface area contributed by atoms with E-state index in [9.17, 15) is 4.79 Å². The van der Waals surface area contributed by atoms with Gasteiger partial charge < -0.3 is 4.90 Å². The molecule has 2 nitrogen and oxygen atoms in total. The molecule has 0 heterocycles. The van der Waals surface area contributed by atoms with Crippen LogP contribution >= 0.6 is 0 Å². The molecule has 0 N–H and O–H groups in total. The van der Waals surface area contributed by atoms with Gasteiger partial charge in [-0.1, -0.05) is 0 Å². The minimum absolute atomic E-state index is 0. The summed E-state index contributed by atoms with van der Waals surface area (Å²) in [6, 6.07) is 0. The topological polar surface area (TPSA) is 20.3 Å². The Labute approximate surface area is 48.5 Å². The van der Waals surface area contributed by atoms with Crippen molar-refractivity contribution >= 4 is 16.9 Å². The van der Waals surface area contributed by atoms with Crippen molar-refractivity contribution in [3.05, 3.63) is 0 Å². The van der Waals surface area contributed by atoms with Crippen LogP contribution < -0.4 is 0 Å². The van der Waals surface area contributed by atoms with Crippen molar-refractivity contribution in [3.63, 3.8) is 0 Å². The maximum absolute atomic E-state index is 10.1. The first-order valence-electron chi connectivity index (χ1n) is 1.82. The first-order valence-corrected chi connectivity index (χ1v) is 1.82. The van der Waals surface area contributed by atoms with Crippen LogP contribution in [0.5, 0.6) is 0 Å². The van der Waals surface area contributed by atoms with Crippen molar-refractivity contribution in [1.82, 2.24) is 4.90 Å². The molecule has 1 amide bonds. The average molecular weight is 115 g/mol. The smallest absolute Gasteiger partial charge is 0.218 e. The van der Waals surface area contributed by atoms with Gasteiger partial charge in [-0.15, -0.1) is 0 Å². The molecule has 0 aromatic heterocycles. The van der Waals surface area contributed by atoms with Gasteiger partial charge in [-0.25, -0.2) is 0 Å². The number of nitrogens with zero attached hydrogens (tertiary/aromatic N) is 1. The summed E-state index contributed by atoms with van der Waals surface area (Å²) in [5.41, 5.74) is 0. The third kappa shape index (κ3) is 5.69. The number of carbonyl (C=O) groups excluding carboxylic acids is 1. The number of rotatable bonds is 0. The van der Waals surface area contributed by atoms with Gasteiger partial charge in [0.05, 0.1) is 0 Å². The van der Waals surface area contributed by atoms with Crippen molar-refractivity contribution in [2.45, 2.75) is 6.92 Å². The van der Waals surface area contributed by atoms with Gasteiger partial charge >= 0.3 is 0 Å². The molecule has 0 aliphatic heterocycles. The lowest BCUT2D eigenvalue weighted by Crippen LogP contribution is -2.17. The van der Waals surface area contributed by atoms with Crippen LogP contribution in [0, 0.1) is 0 Å². The molecule has 0 spiro atoms. The van der Waals surface area contributed by atoms with Gasteiger partial charge in [-0.05, 0) is 0 Å². The largest absolute Gasteiger partial charge is 0.349 e. The molecule has 0 aliphatic carbocycles. The lowest BCUT2D eigenvalue weighted by Gasteiger charge is -2.02. The van der Waals surface area contributed by atoms with Crippen LogP contribution in [0.1, 0.15) is 6.92 Å². The maximum atomic E-state index is 10.1. The van der Waals surface area contributed by atoms with Crippen molar-refractivity contribution in [1.29, 1.82) is 0 Å². The van der Waals surface area contributed by atoms with Gasteiger partial charge in [0.25, 0.3) is 0 Å². The highest BCUT2D eigenvalue weighted by atomic mass is 28.1. The van der Waals surface area contributed by atoms with E-state index < -0.39 is 0 Å². The maximum Gasteiger partial charge on any atom is 0.218 e. The molecule has 0 saturated carbocycles. The summed E-state index contributed by atoms with van der Waals surface area (Å²) in [5, 5.41) is 0. The summed E-state index contributed by atoms with van der Waals surface area (Å²) in [6.07, 6.45) is 0. The molecule has 0 atom stereocenters. The number of hydrogen-bond acceptors (Lipinski definition) is 1. The molecule has 7 heavy (non-hydrogen) atoms. The molecule has 0 saturated heterocycles. The van der Waals surface area contributed by atoms with E-state index in [1.54, 1.807) is 14.1 Å². The molecule has 40 valence electrons. The Hall–Kier alpha value is -0.313. The predicted octanol–water partition coefficient (Wildman–Crippen LogP) is -0.286. The SMILES string of the molecule is CC(=O)N(C)C.[Si]. The Morgan fingerprint density at radius 2 is 1.57 bits per heavy atom. The summed E-state index contributed by atoms with van der Waals surface area (Å²) in [7, 11) is 3.45. The molecule has 3 heteroatoms. The normalized spacial score (nSPS) is 6.71. The van der Waals surface area contributed by atoms with Crippen molar-refractivity contribution in [2.75, 3.05) is 14.1 Å². The van der Waals surface area contributed by atoms with Crippen LogP contribution in [0.3, 0.4) is 0 Å². The molecule has 0 rings (SSSR count). The van der Waals surface area contributed by atoms with E-state index in [1.165, 1.54) is 11.8 Å². The highest BCUT2D eigenvalue weighted by Crippen LogP contribution is 1.69. The van der Waals surface area contributed by atoms with Gasteiger partial charge in [0.2, 0.25) is 5.91 Å². The summed E-state index contributed by atoms with van der Waals surface area (Å²) in [5.74, 6) is 0.0926. The van der Waals surface area contributed by atoms with Gasteiger partial charge in [0, 0.05) is 32.0 Å². The molecule has 0 bridgehead atoms. The fraction of sp³-hybridized carbons (Fsp3) is 0.750. The first-order chi connectivity index (χ1) is 2.64. The molecule has 0 fully saturated rings. The van der Waals surface area contributed by atoms with Crippen LogP contribution in [-0.4, -0.2) is 35.9 Å². The average Bonchev–Trinajstić information content (AvgIpc) is 1.36. The molecular weight excluding hydrogens is 106 g/mol. The van der Waals surface area contributed by atoms with Gasteiger partial charge in [0.15, 0.2) is 0 Å². The lowest BCUT2D eigenvalue weighted by molar-refractivity contribution is -0.126. The van der Waals surface area contributed by atoms with Crippen LogP contribution in [0.15, 0.2) is 0 Å². The third-order valence-electron chi connectivity index (χ3n) is 0.630.